The average Bonchev–Trinajstić information content (AvgIpc) is 3.41. The predicted molar refractivity (Wildman–Crippen MR) is 117 cm³/mol. The predicted octanol–water partition coefficient (Wildman–Crippen LogP) is 3.77. The number of hydrogen-bond donors (Lipinski definition) is 1. The van der Waals surface area contributed by atoms with Crippen molar-refractivity contribution in [3.05, 3.63) is 81.6 Å². The van der Waals surface area contributed by atoms with Gasteiger partial charge < -0.3 is 5.32 Å². The van der Waals surface area contributed by atoms with Crippen molar-refractivity contribution in [1.82, 2.24) is 29.3 Å². The standard InChI is InChI=1S/C21H22BrN7O/c1-14-6-4-5-7-17(14)11-29-16(3)20(15(2)25-29)24-21(30)19-8-9-27(26-19)13-28-12-18(22)10-23-28/h4-10,12H,11,13H2,1-3H3,(H,24,30). The number of aryl methyl sites for hydroxylation is 2. The first-order valence-corrected chi connectivity index (χ1v) is 10.3. The molecular formula is C21H22BrN7O. The van der Waals surface area contributed by atoms with Crippen LogP contribution in [0.4, 0.5) is 5.69 Å². The summed E-state index contributed by atoms with van der Waals surface area (Å²) in [7, 11) is 0. The third-order valence-corrected chi connectivity index (χ3v) is 5.38. The van der Waals surface area contributed by atoms with E-state index in [0.29, 0.717) is 18.9 Å². The molecule has 4 aromatic rings. The number of halogens is 1. The van der Waals surface area contributed by atoms with Crippen LogP contribution in [-0.4, -0.2) is 35.2 Å². The van der Waals surface area contributed by atoms with E-state index in [1.54, 1.807) is 27.8 Å². The van der Waals surface area contributed by atoms with Crippen LogP contribution in [0, 0.1) is 20.8 Å². The van der Waals surface area contributed by atoms with Gasteiger partial charge in [0.2, 0.25) is 0 Å². The quantitative estimate of drug-likeness (QED) is 0.467. The molecule has 0 saturated heterocycles. The van der Waals surface area contributed by atoms with E-state index in [4.69, 9.17) is 0 Å². The fourth-order valence-electron chi connectivity index (χ4n) is 3.28. The molecule has 154 valence electrons. The van der Waals surface area contributed by atoms with E-state index >= 15 is 0 Å². The molecule has 0 atom stereocenters. The van der Waals surface area contributed by atoms with Crippen LogP contribution in [0.2, 0.25) is 0 Å². The van der Waals surface area contributed by atoms with Crippen LogP contribution in [-0.2, 0) is 13.2 Å². The first-order chi connectivity index (χ1) is 14.4. The van der Waals surface area contributed by atoms with Gasteiger partial charge in [-0.1, -0.05) is 24.3 Å². The summed E-state index contributed by atoms with van der Waals surface area (Å²) in [6.07, 6.45) is 5.31. The highest BCUT2D eigenvalue weighted by molar-refractivity contribution is 9.10. The SMILES string of the molecule is Cc1ccccc1Cn1nc(C)c(NC(=O)c2ccn(Cn3cc(Br)cn3)n2)c1C. The number of benzene rings is 1. The van der Waals surface area contributed by atoms with Gasteiger partial charge in [0.05, 0.1) is 34.3 Å². The topological polar surface area (TPSA) is 82.6 Å². The summed E-state index contributed by atoms with van der Waals surface area (Å²) < 4.78 is 6.20. The number of rotatable bonds is 6. The minimum Gasteiger partial charge on any atom is -0.317 e. The number of hydrogen-bond acceptors (Lipinski definition) is 4. The van der Waals surface area contributed by atoms with Gasteiger partial charge in [0.15, 0.2) is 5.69 Å². The van der Waals surface area contributed by atoms with Gasteiger partial charge in [0.1, 0.15) is 6.67 Å². The summed E-state index contributed by atoms with van der Waals surface area (Å²) in [4.78, 5) is 12.8. The van der Waals surface area contributed by atoms with Gasteiger partial charge in [0, 0.05) is 12.4 Å². The molecule has 0 bridgehead atoms. The number of anilines is 1. The second kappa shape index (κ2) is 8.27. The molecule has 0 saturated carbocycles. The molecule has 4 rings (SSSR count). The van der Waals surface area contributed by atoms with Gasteiger partial charge in [-0.15, -0.1) is 0 Å². The number of nitrogens with one attached hydrogen (secondary N) is 1. The molecular weight excluding hydrogens is 446 g/mol. The van der Waals surface area contributed by atoms with Crippen LogP contribution in [0.5, 0.6) is 0 Å². The first-order valence-electron chi connectivity index (χ1n) is 9.52. The molecule has 0 aliphatic heterocycles. The zero-order chi connectivity index (χ0) is 21.3. The van der Waals surface area contributed by atoms with E-state index < -0.39 is 0 Å². The van der Waals surface area contributed by atoms with Crippen LogP contribution in [0.25, 0.3) is 0 Å². The third kappa shape index (κ3) is 4.20. The summed E-state index contributed by atoms with van der Waals surface area (Å²) in [5, 5.41) is 16.1. The van der Waals surface area contributed by atoms with E-state index in [2.05, 4.69) is 55.6 Å². The van der Waals surface area contributed by atoms with E-state index in [0.717, 1.165) is 21.5 Å². The smallest absolute Gasteiger partial charge is 0.276 e. The minimum absolute atomic E-state index is 0.267. The van der Waals surface area contributed by atoms with Gasteiger partial charge >= 0.3 is 0 Å². The molecule has 0 radical (unpaired) electrons. The summed E-state index contributed by atoms with van der Waals surface area (Å²) in [5.74, 6) is -0.267. The molecule has 0 unspecified atom stereocenters. The van der Waals surface area contributed by atoms with Crippen LogP contribution < -0.4 is 5.32 Å². The maximum Gasteiger partial charge on any atom is 0.276 e. The zero-order valence-corrected chi connectivity index (χ0v) is 18.6. The molecule has 0 aliphatic rings. The van der Waals surface area contributed by atoms with E-state index in [1.165, 1.54) is 11.1 Å². The summed E-state index contributed by atoms with van der Waals surface area (Å²) in [6, 6.07) is 9.91. The average molecular weight is 468 g/mol. The monoisotopic (exact) mass is 467 g/mol. The maximum absolute atomic E-state index is 12.8. The second-order valence-corrected chi connectivity index (χ2v) is 8.08. The Morgan fingerprint density at radius 3 is 2.63 bits per heavy atom. The van der Waals surface area contributed by atoms with Crippen molar-refractivity contribution in [3.63, 3.8) is 0 Å². The Morgan fingerprint density at radius 2 is 1.90 bits per heavy atom. The lowest BCUT2D eigenvalue weighted by molar-refractivity contribution is 0.102. The van der Waals surface area contributed by atoms with Crippen molar-refractivity contribution < 1.29 is 4.79 Å². The van der Waals surface area contributed by atoms with Crippen molar-refractivity contribution in [1.29, 1.82) is 0 Å². The highest BCUT2D eigenvalue weighted by Gasteiger charge is 2.17. The number of carbonyl (C=O) groups excluding carboxylic acids is 1. The van der Waals surface area contributed by atoms with Crippen LogP contribution in [0.1, 0.15) is 33.0 Å². The van der Waals surface area contributed by atoms with Gasteiger partial charge in [-0.05, 0) is 53.9 Å². The Hall–Kier alpha value is -3.20. The van der Waals surface area contributed by atoms with Crippen molar-refractivity contribution >= 4 is 27.5 Å². The molecule has 0 aliphatic carbocycles. The number of aromatic nitrogens is 6. The normalized spacial score (nSPS) is 11.1. The van der Waals surface area contributed by atoms with Crippen LogP contribution in [0.15, 0.2) is 53.4 Å². The third-order valence-electron chi connectivity index (χ3n) is 4.97. The number of nitrogens with zero attached hydrogens (tertiary/aromatic N) is 6. The fourth-order valence-corrected chi connectivity index (χ4v) is 3.61. The molecule has 0 fully saturated rings. The Labute approximate surface area is 182 Å². The lowest BCUT2D eigenvalue weighted by atomic mass is 10.1. The molecule has 9 heteroatoms. The minimum atomic E-state index is -0.267. The molecule has 30 heavy (non-hydrogen) atoms. The summed E-state index contributed by atoms with van der Waals surface area (Å²) in [6.45, 7) is 7.02. The van der Waals surface area contributed by atoms with E-state index in [-0.39, 0.29) is 5.91 Å². The van der Waals surface area contributed by atoms with Gasteiger partial charge in [-0.2, -0.15) is 15.3 Å². The van der Waals surface area contributed by atoms with Crippen LogP contribution >= 0.6 is 15.9 Å². The van der Waals surface area contributed by atoms with Crippen molar-refractivity contribution in [2.45, 2.75) is 34.0 Å². The van der Waals surface area contributed by atoms with E-state index in [9.17, 15) is 4.79 Å². The highest BCUT2D eigenvalue weighted by Crippen LogP contribution is 2.22. The van der Waals surface area contributed by atoms with Crippen LogP contribution in [0.3, 0.4) is 0 Å². The second-order valence-electron chi connectivity index (χ2n) is 7.16. The van der Waals surface area contributed by atoms with Gasteiger partial charge in [-0.3, -0.25) is 14.2 Å². The van der Waals surface area contributed by atoms with Crippen molar-refractivity contribution in [2.75, 3.05) is 5.32 Å². The van der Waals surface area contributed by atoms with Crippen molar-refractivity contribution in [2.24, 2.45) is 0 Å². The Bertz CT molecular complexity index is 1200. The largest absolute Gasteiger partial charge is 0.317 e. The van der Waals surface area contributed by atoms with Crippen molar-refractivity contribution in [3.8, 4) is 0 Å². The molecule has 3 aromatic heterocycles. The molecule has 1 N–H and O–H groups in total. The van der Waals surface area contributed by atoms with E-state index in [1.807, 2.05) is 36.9 Å². The molecule has 3 heterocycles. The molecule has 0 spiro atoms. The zero-order valence-electron chi connectivity index (χ0n) is 17.0. The summed E-state index contributed by atoms with van der Waals surface area (Å²) in [5.41, 5.74) is 5.15. The molecule has 8 nitrogen and oxygen atoms in total. The van der Waals surface area contributed by atoms with Gasteiger partial charge in [-0.25, -0.2) is 4.68 Å². The fraction of sp³-hybridized carbons (Fsp3) is 0.238. The number of amides is 1. The van der Waals surface area contributed by atoms with Gasteiger partial charge in [0.25, 0.3) is 5.91 Å². The summed E-state index contributed by atoms with van der Waals surface area (Å²) >= 11 is 3.37. The number of carbonyl (C=O) groups is 1. The lowest BCUT2D eigenvalue weighted by Gasteiger charge is -2.08. The molecule has 1 aromatic carbocycles. The molecule has 1 amide bonds. The highest BCUT2D eigenvalue weighted by atomic mass is 79.9. The maximum atomic E-state index is 12.8. The lowest BCUT2D eigenvalue weighted by Crippen LogP contribution is -2.16. The Morgan fingerprint density at radius 1 is 1.10 bits per heavy atom. The Balaban J connectivity index is 1.48. The Kier molecular flexibility index (Phi) is 5.54. The first kappa shape index (κ1) is 20.1.